The molecular weight excluding hydrogens is 406 g/mol. The maximum atomic E-state index is 12.8. The summed E-state index contributed by atoms with van der Waals surface area (Å²) in [5.74, 6) is 0.0693. The Morgan fingerprint density at radius 1 is 1.07 bits per heavy atom. The molecule has 2 aromatic rings. The van der Waals surface area contributed by atoms with Crippen LogP contribution < -0.4 is 4.72 Å². The minimum Gasteiger partial charge on any atom is -0.266 e. The molecule has 158 valence electrons. The highest BCUT2D eigenvalue weighted by molar-refractivity contribution is 7.86. The first-order valence-electron chi connectivity index (χ1n) is 9.73. The molecule has 1 aliphatic rings. The van der Waals surface area contributed by atoms with Gasteiger partial charge >= 0.3 is 0 Å². The minimum atomic E-state index is -3.78. The lowest BCUT2D eigenvalue weighted by molar-refractivity contribution is 0.0821. The first kappa shape index (κ1) is 22.2. The van der Waals surface area contributed by atoms with Crippen LogP contribution in [-0.2, 0) is 30.8 Å². The normalized spacial score (nSPS) is 23.4. The first-order valence-corrected chi connectivity index (χ1v) is 12.3. The lowest BCUT2D eigenvalue weighted by Crippen LogP contribution is -2.56. The Morgan fingerprint density at radius 3 is 2.21 bits per heavy atom. The molecule has 0 heterocycles. The van der Waals surface area contributed by atoms with Gasteiger partial charge < -0.3 is 0 Å². The zero-order valence-electron chi connectivity index (χ0n) is 17.3. The Balaban J connectivity index is 1.68. The van der Waals surface area contributed by atoms with Crippen LogP contribution in [0.5, 0.6) is 0 Å². The molecule has 1 aliphatic carbocycles. The summed E-state index contributed by atoms with van der Waals surface area (Å²) in [5.41, 5.74) is 1.63. The van der Waals surface area contributed by atoms with E-state index in [1.165, 1.54) is 0 Å². The maximum absolute atomic E-state index is 12.8. The van der Waals surface area contributed by atoms with Crippen molar-refractivity contribution in [2.24, 2.45) is 5.92 Å². The van der Waals surface area contributed by atoms with Gasteiger partial charge in [-0.05, 0) is 64.2 Å². The molecule has 0 spiro atoms. The molecule has 2 aromatic carbocycles. The number of aryl methyl sites for hydroxylation is 1. The Kier molecular flexibility index (Phi) is 6.34. The smallest absolute Gasteiger partial charge is 0.266 e. The monoisotopic (exact) mass is 435 g/mol. The number of rotatable bonds is 7. The van der Waals surface area contributed by atoms with E-state index in [1.54, 1.807) is 24.3 Å². The van der Waals surface area contributed by atoms with Crippen molar-refractivity contribution in [2.75, 3.05) is 6.61 Å². The van der Waals surface area contributed by atoms with Gasteiger partial charge in [0, 0.05) is 0 Å². The average Bonchev–Trinajstić information content (AvgIpc) is 2.63. The molecule has 0 saturated heterocycles. The van der Waals surface area contributed by atoms with E-state index >= 15 is 0 Å². The summed E-state index contributed by atoms with van der Waals surface area (Å²) < 4.78 is 45.9. The molecule has 7 heteroatoms. The summed E-state index contributed by atoms with van der Waals surface area (Å²) in [7, 11) is -5.01. The summed E-state index contributed by atoms with van der Waals surface area (Å²) in [5, 5.41) is 0. The fourth-order valence-corrected chi connectivity index (χ4v) is 5.39. The fraction of sp³-hybridized carbons (Fsp3) is 0.455. The van der Waals surface area contributed by atoms with Gasteiger partial charge in [0.15, 0.2) is 0 Å². The van der Waals surface area contributed by atoms with E-state index in [4.69, 9.17) is 4.18 Å². The van der Waals surface area contributed by atoms with E-state index < -0.39 is 31.4 Å². The third-order valence-corrected chi connectivity index (χ3v) is 8.20. The highest BCUT2D eigenvalue weighted by atomic mass is 32.2. The van der Waals surface area contributed by atoms with E-state index in [0.29, 0.717) is 12.8 Å². The Labute approximate surface area is 176 Å². The molecule has 1 N–H and O–H groups in total. The van der Waals surface area contributed by atoms with Gasteiger partial charge in [0.1, 0.15) is 0 Å². The van der Waals surface area contributed by atoms with Crippen LogP contribution in [0.1, 0.15) is 44.7 Å². The van der Waals surface area contributed by atoms with Crippen LogP contribution in [0, 0.1) is 12.8 Å². The van der Waals surface area contributed by atoms with E-state index in [-0.39, 0.29) is 17.4 Å². The molecule has 1 unspecified atom stereocenters. The van der Waals surface area contributed by atoms with Crippen molar-refractivity contribution in [3.8, 4) is 0 Å². The van der Waals surface area contributed by atoms with Gasteiger partial charge in [-0.3, -0.25) is 4.18 Å². The molecule has 0 amide bonds. The predicted octanol–water partition coefficient (Wildman–Crippen LogP) is 4.06. The SMILES string of the molecule is Cc1ccc(S(=O)(=O)OCC2CC(NS(=O)C(C)(C)C)(c3ccccc3)C2)cc1. The van der Waals surface area contributed by atoms with Crippen LogP contribution in [-0.4, -0.2) is 24.0 Å². The van der Waals surface area contributed by atoms with Crippen LogP contribution in [0.3, 0.4) is 0 Å². The van der Waals surface area contributed by atoms with Crippen molar-refractivity contribution in [3.63, 3.8) is 0 Å². The quantitative estimate of drug-likeness (QED) is 0.666. The van der Waals surface area contributed by atoms with Gasteiger partial charge in [0.25, 0.3) is 10.1 Å². The zero-order chi connectivity index (χ0) is 21.3. The highest BCUT2D eigenvalue weighted by Crippen LogP contribution is 2.46. The molecule has 0 aromatic heterocycles. The molecule has 5 nitrogen and oxygen atoms in total. The molecule has 29 heavy (non-hydrogen) atoms. The molecule has 0 bridgehead atoms. The Bertz CT molecular complexity index is 958. The van der Waals surface area contributed by atoms with Crippen LogP contribution in [0.25, 0.3) is 0 Å². The molecule has 1 saturated carbocycles. The third-order valence-electron chi connectivity index (χ3n) is 5.21. The second kappa shape index (κ2) is 8.30. The molecular formula is C22H29NO4S2. The maximum Gasteiger partial charge on any atom is 0.296 e. The fourth-order valence-electron chi connectivity index (χ4n) is 3.47. The van der Waals surface area contributed by atoms with Crippen LogP contribution >= 0.6 is 0 Å². The number of hydrogen-bond donors (Lipinski definition) is 1. The van der Waals surface area contributed by atoms with E-state index in [2.05, 4.69) is 4.72 Å². The van der Waals surface area contributed by atoms with Crippen molar-refractivity contribution in [2.45, 2.75) is 55.7 Å². The largest absolute Gasteiger partial charge is 0.296 e. The molecule has 1 fully saturated rings. The predicted molar refractivity (Wildman–Crippen MR) is 116 cm³/mol. The van der Waals surface area contributed by atoms with Gasteiger partial charge in [-0.2, -0.15) is 8.42 Å². The van der Waals surface area contributed by atoms with Crippen molar-refractivity contribution in [1.29, 1.82) is 0 Å². The number of nitrogens with one attached hydrogen (secondary N) is 1. The summed E-state index contributed by atoms with van der Waals surface area (Å²) in [6.45, 7) is 7.82. The Hall–Kier alpha value is -1.54. The van der Waals surface area contributed by atoms with E-state index in [0.717, 1.165) is 11.1 Å². The van der Waals surface area contributed by atoms with Gasteiger partial charge in [-0.15, -0.1) is 0 Å². The van der Waals surface area contributed by atoms with Crippen LogP contribution in [0.4, 0.5) is 0 Å². The van der Waals surface area contributed by atoms with Crippen LogP contribution in [0.2, 0.25) is 0 Å². The second-order valence-electron chi connectivity index (χ2n) is 8.76. The van der Waals surface area contributed by atoms with Crippen molar-refractivity contribution >= 4 is 21.1 Å². The summed E-state index contributed by atoms with van der Waals surface area (Å²) >= 11 is 0. The average molecular weight is 436 g/mol. The topological polar surface area (TPSA) is 72.5 Å². The van der Waals surface area contributed by atoms with Gasteiger partial charge in [0.2, 0.25) is 0 Å². The molecule has 1 atom stereocenters. The third kappa shape index (κ3) is 5.15. The van der Waals surface area contributed by atoms with Gasteiger partial charge in [-0.1, -0.05) is 48.0 Å². The zero-order valence-corrected chi connectivity index (χ0v) is 19.0. The standard InChI is InChI=1S/C22H29NO4S2/c1-17-10-12-20(13-11-17)29(25,26)27-16-18-14-22(15-18,19-8-6-5-7-9-19)23-28(24)21(2,3)4/h5-13,18,23H,14-16H2,1-4H3. The highest BCUT2D eigenvalue weighted by Gasteiger charge is 2.48. The van der Waals surface area contributed by atoms with Crippen molar-refractivity contribution in [3.05, 3.63) is 65.7 Å². The lowest BCUT2D eigenvalue weighted by Gasteiger charge is -2.49. The van der Waals surface area contributed by atoms with E-state index in [1.807, 2.05) is 58.0 Å². The van der Waals surface area contributed by atoms with Gasteiger partial charge in [0.05, 0.1) is 32.8 Å². The van der Waals surface area contributed by atoms with Gasteiger partial charge in [-0.25, -0.2) is 8.93 Å². The Morgan fingerprint density at radius 2 is 1.66 bits per heavy atom. The van der Waals surface area contributed by atoms with Crippen LogP contribution in [0.15, 0.2) is 59.5 Å². The van der Waals surface area contributed by atoms with Crippen molar-refractivity contribution in [1.82, 2.24) is 4.72 Å². The second-order valence-corrected chi connectivity index (χ2v) is 12.3. The van der Waals surface area contributed by atoms with E-state index in [9.17, 15) is 12.6 Å². The molecule has 3 rings (SSSR count). The van der Waals surface area contributed by atoms with Crippen molar-refractivity contribution < 1.29 is 16.8 Å². The number of benzene rings is 2. The molecule has 0 aliphatic heterocycles. The lowest BCUT2D eigenvalue weighted by atomic mass is 9.66. The first-order chi connectivity index (χ1) is 13.5. The minimum absolute atomic E-state index is 0.0693. The summed E-state index contributed by atoms with van der Waals surface area (Å²) in [6, 6.07) is 16.6. The summed E-state index contributed by atoms with van der Waals surface area (Å²) in [4.78, 5) is 0.170. The number of hydrogen-bond acceptors (Lipinski definition) is 4. The molecule has 0 radical (unpaired) electrons. The summed E-state index contributed by atoms with van der Waals surface area (Å²) in [6.07, 6.45) is 1.34.